The largest absolute Gasteiger partial charge is 0.360 e. The molecule has 152 valence electrons. The van der Waals surface area contributed by atoms with Crippen LogP contribution in [0.5, 0.6) is 0 Å². The first-order valence-corrected chi connectivity index (χ1v) is 10.9. The fourth-order valence-electron chi connectivity index (χ4n) is 4.06. The molecule has 1 aromatic heterocycles. The fourth-order valence-corrected chi connectivity index (χ4v) is 4.34. The summed E-state index contributed by atoms with van der Waals surface area (Å²) in [4.78, 5) is 4.00. The van der Waals surface area contributed by atoms with Gasteiger partial charge >= 0.3 is 0 Å². The van der Waals surface area contributed by atoms with E-state index in [1.807, 2.05) is 4.68 Å². The van der Waals surface area contributed by atoms with Crippen LogP contribution in [0.25, 0.3) is 11.4 Å². The summed E-state index contributed by atoms with van der Waals surface area (Å²) in [6.07, 6.45) is 1.04. The van der Waals surface area contributed by atoms with Crippen molar-refractivity contribution in [3.63, 3.8) is 0 Å². The van der Waals surface area contributed by atoms with Crippen molar-refractivity contribution >= 4 is 17.9 Å². The molecule has 2 aromatic carbocycles. The predicted octanol–water partition coefficient (Wildman–Crippen LogP) is 3.16. The van der Waals surface area contributed by atoms with Crippen molar-refractivity contribution in [3.8, 4) is 11.4 Å². The summed E-state index contributed by atoms with van der Waals surface area (Å²) in [6.45, 7) is 10.4. The van der Waals surface area contributed by atoms with Crippen molar-refractivity contribution in [2.45, 2.75) is 33.5 Å². The van der Waals surface area contributed by atoms with E-state index in [2.05, 4.69) is 77.9 Å². The van der Waals surface area contributed by atoms with Gasteiger partial charge in [0.05, 0.1) is 26.2 Å². The van der Waals surface area contributed by atoms with E-state index in [1.54, 1.807) is 0 Å². The number of hydrogen-bond acceptors (Lipinski definition) is 3. The SMILES string of the molecule is CCCn1c(-c2cccc(C)c2)nn(C[NH+]2CCN(c3ccccc3)CC2)c1=S. The molecule has 0 radical (unpaired) electrons. The van der Waals surface area contributed by atoms with Gasteiger partial charge in [0, 0.05) is 17.8 Å². The number of nitrogens with one attached hydrogen (secondary N) is 1. The predicted molar refractivity (Wildman–Crippen MR) is 121 cm³/mol. The van der Waals surface area contributed by atoms with Crippen molar-refractivity contribution in [2.24, 2.45) is 0 Å². The van der Waals surface area contributed by atoms with Gasteiger partial charge in [-0.2, -0.15) is 4.68 Å². The van der Waals surface area contributed by atoms with Crippen LogP contribution in [0, 0.1) is 11.7 Å². The van der Waals surface area contributed by atoms with Crippen molar-refractivity contribution < 1.29 is 4.90 Å². The summed E-state index contributed by atoms with van der Waals surface area (Å²) in [6, 6.07) is 19.2. The maximum Gasteiger partial charge on any atom is 0.203 e. The van der Waals surface area contributed by atoms with Crippen LogP contribution in [0.3, 0.4) is 0 Å². The summed E-state index contributed by atoms with van der Waals surface area (Å²) in [7, 11) is 0. The molecule has 29 heavy (non-hydrogen) atoms. The van der Waals surface area contributed by atoms with Crippen LogP contribution in [0.4, 0.5) is 5.69 Å². The smallest absolute Gasteiger partial charge is 0.203 e. The number of para-hydroxylation sites is 1. The summed E-state index contributed by atoms with van der Waals surface area (Å²) in [5, 5.41) is 4.95. The number of benzene rings is 2. The molecule has 1 N–H and O–H groups in total. The number of piperazine rings is 1. The van der Waals surface area contributed by atoms with Gasteiger partial charge in [0.15, 0.2) is 12.5 Å². The average molecular weight is 409 g/mol. The molecule has 1 fully saturated rings. The second kappa shape index (κ2) is 8.93. The Bertz CT molecular complexity index is 1000. The Balaban J connectivity index is 1.51. The first-order chi connectivity index (χ1) is 14.2. The lowest BCUT2D eigenvalue weighted by atomic mass is 10.1. The molecule has 0 spiro atoms. The van der Waals surface area contributed by atoms with Gasteiger partial charge in [-0.05, 0) is 43.8 Å². The molecular formula is C23H30N5S+. The second-order valence-electron chi connectivity index (χ2n) is 7.86. The third kappa shape index (κ3) is 4.43. The Morgan fingerprint density at radius 1 is 1.03 bits per heavy atom. The molecule has 4 rings (SSSR count). The van der Waals surface area contributed by atoms with Crippen LogP contribution in [0.1, 0.15) is 18.9 Å². The minimum absolute atomic E-state index is 0.830. The van der Waals surface area contributed by atoms with Crippen LogP contribution in [-0.4, -0.2) is 40.5 Å². The molecule has 1 saturated heterocycles. The van der Waals surface area contributed by atoms with Crippen LogP contribution >= 0.6 is 12.2 Å². The zero-order valence-corrected chi connectivity index (χ0v) is 18.2. The Morgan fingerprint density at radius 3 is 2.48 bits per heavy atom. The van der Waals surface area contributed by atoms with Gasteiger partial charge in [0.1, 0.15) is 0 Å². The van der Waals surface area contributed by atoms with Gasteiger partial charge in [-0.1, -0.05) is 48.9 Å². The molecule has 1 aliphatic rings. The first kappa shape index (κ1) is 19.9. The summed E-state index contributed by atoms with van der Waals surface area (Å²) >= 11 is 5.82. The molecule has 0 amide bonds. The van der Waals surface area contributed by atoms with Crippen molar-refractivity contribution in [2.75, 3.05) is 31.1 Å². The van der Waals surface area contributed by atoms with E-state index in [4.69, 9.17) is 17.3 Å². The van der Waals surface area contributed by atoms with E-state index in [0.29, 0.717) is 0 Å². The standard InChI is InChI=1S/C23H29N5S/c1-3-12-27-22(20-9-7-8-19(2)17-20)24-28(23(27)29)18-25-13-15-26(16-14-25)21-10-5-4-6-11-21/h4-11,17H,3,12-16,18H2,1-2H3/p+1. The molecule has 0 saturated carbocycles. The van der Waals surface area contributed by atoms with Crippen molar-refractivity contribution in [1.29, 1.82) is 0 Å². The lowest BCUT2D eigenvalue weighted by Gasteiger charge is -2.33. The second-order valence-corrected chi connectivity index (χ2v) is 8.22. The molecule has 0 unspecified atom stereocenters. The summed E-state index contributed by atoms with van der Waals surface area (Å²) in [5.74, 6) is 0.989. The Hall–Kier alpha value is -2.44. The molecule has 3 aromatic rings. The van der Waals surface area contributed by atoms with Gasteiger partial charge in [-0.3, -0.25) is 4.57 Å². The number of rotatable bonds is 6. The zero-order valence-electron chi connectivity index (χ0n) is 17.3. The quantitative estimate of drug-likeness (QED) is 0.636. The van der Waals surface area contributed by atoms with E-state index in [-0.39, 0.29) is 0 Å². The number of quaternary nitrogens is 1. The van der Waals surface area contributed by atoms with E-state index in [1.165, 1.54) is 16.2 Å². The van der Waals surface area contributed by atoms with Gasteiger partial charge in [0.2, 0.25) is 4.77 Å². The van der Waals surface area contributed by atoms with Gasteiger partial charge < -0.3 is 9.80 Å². The summed E-state index contributed by atoms with van der Waals surface area (Å²) in [5.41, 5.74) is 3.71. The van der Waals surface area contributed by atoms with Crippen molar-refractivity contribution in [1.82, 2.24) is 14.3 Å². The van der Waals surface area contributed by atoms with Crippen LogP contribution in [0.2, 0.25) is 0 Å². The number of hydrogen-bond donors (Lipinski definition) is 1. The average Bonchev–Trinajstić information content (AvgIpc) is 3.05. The summed E-state index contributed by atoms with van der Waals surface area (Å²) < 4.78 is 5.07. The molecule has 0 atom stereocenters. The molecule has 5 nitrogen and oxygen atoms in total. The van der Waals surface area contributed by atoms with E-state index >= 15 is 0 Å². The minimum Gasteiger partial charge on any atom is -0.360 e. The maximum absolute atomic E-state index is 5.82. The number of aromatic nitrogens is 3. The van der Waals surface area contributed by atoms with E-state index < -0.39 is 0 Å². The Morgan fingerprint density at radius 2 is 1.79 bits per heavy atom. The van der Waals surface area contributed by atoms with Gasteiger partial charge in [-0.15, -0.1) is 5.10 Å². The third-order valence-electron chi connectivity index (χ3n) is 5.61. The third-order valence-corrected chi connectivity index (χ3v) is 6.04. The Labute approximate surface area is 178 Å². The minimum atomic E-state index is 0.830. The number of aryl methyl sites for hydroxylation is 1. The molecule has 6 heteroatoms. The molecule has 2 heterocycles. The monoisotopic (exact) mass is 408 g/mol. The van der Waals surface area contributed by atoms with Gasteiger partial charge in [-0.25, -0.2) is 0 Å². The Kier molecular flexibility index (Phi) is 6.11. The van der Waals surface area contributed by atoms with Crippen LogP contribution in [0.15, 0.2) is 54.6 Å². The molecular weight excluding hydrogens is 378 g/mol. The fraction of sp³-hybridized carbons (Fsp3) is 0.391. The normalized spacial score (nSPS) is 15.0. The highest BCUT2D eigenvalue weighted by molar-refractivity contribution is 7.71. The number of nitrogens with zero attached hydrogens (tertiary/aromatic N) is 4. The highest BCUT2D eigenvalue weighted by Gasteiger charge is 2.22. The van der Waals surface area contributed by atoms with E-state index in [9.17, 15) is 0 Å². The number of anilines is 1. The molecule has 0 bridgehead atoms. The maximum atomic E-state index is 5.82. The highest BCUT2D eigenvalue weighted by Crippen LogP contribution is 2.20. The topological polar surface area (TPSA) is 30.4 Å². The highest BCUT2D eigenvalue weighted by atomic mass is 32.1. The first-order valence-electron chi connectivity index (χ1n) is 10.5. The molecule has 0 aliphatic carbocycles. The van der Waals surface area contributed by atoms with Crippen molar-refractivity contribution in [3.05, 3.63) is 64.9 Å². The lowest BCUT2D eigenvalue weighted by molar-refractivity contribution is -0.924. The van der Waals surface area contributed by atoms with Crippen LogP contribution in [-0.2, 0) is 13.2 Å². The lowest BCUT2D eigenvalue weighted by Crippen LogP contribution is -3.14. The molecule has 1 aliphatic heterocycles. The van der Waals surface area contributed by atoms with E-state index in [0.717, 1.165) is 62.0 Å². The van der Waals surface area contributed by atoms with Gasteiger partial charge in [0.25, 0.3) is 0 Å². The zero-order chi connectivity index (χ0) is 20.2. The van der Waals surface area contributed by atoms with Crippen LogP contribution < -0.4 is 9.80 Å².